The Morgan fingerprint density at radius 3 is 2.56 bits per heavy atom. The summed E-state index contributed by atoms with van der Waals surface area (Å²) in [5.74, 6) is -0.678. The Morgan fingerprint density at radius 1 is 1.33 bits per heavy atom. The lowest BCUT2D eigenvalue weighted by Crippen LogP contribution is -2.05. The van der Waals surface area contributed by atoms with Crippen LogP contribution in [0.25, 0.3) is 5.69 Å². The molecule has 1 N–H and O–H groups in total. The van der Waals surface area contributed by atoms with Crippen molar-refractivity contribution in [2.45, 2.75) is 13.8 Å². The maximum Gasteiger partial charge on any atom is 0.339 e. The maximum absolute atomic E-state index is 11.1. The molecule has 5 nitrogen and oxygen atoms in total. The van der Waals surface area contributed by atoms with Gasteiger partial charge in [-0.3, -0.25) is 0 Å². The first-order chi connectivity index (χ1) is 8.52. The van der Waals surface area contributed by atoms with Crippen LogP contribution in [0.4, 0.5) is 0 Å². The van der Waals surface area contributed by atoms with E-state index in [0.29, 0.717) is 11.4 Å². The summed E-state index contributed by atoms with van der Waals surface area (Å²) < 4.78 is 6.73. The molecule has 0 aliphatic heterocycles. The van der Waals surface area contributed by atoms with Gasteiger partial charge in [0.1, 0.15) is 11.3 Å². The number of carbonyl (C=O) groups is 1. The zero-order valence-corrected chi connectivity index (χ0v) is 10.5. The number of nitrogens with zero attached hydrogens (tertiary/aromatic N) is 2. The molecule has 0 unspecified atom stereocenters. The summed E-state index contributed by atoms with van der Waals surface area (Å²) in [6.07, 6.45) is 0. The van der Waals surface area contributed by atoms with E-state index in [1.54, 1.807) is 22.9 Å². The minimum atomic E-state index is -1.02. The molecule has 2 aromatic rings. The van der Waals surface area contributed by atoms with Crippen LogP contribution in [-0.4, -0.2) is 28.0 Å². The molecule has 0 saturated carbocycles. The van der Waals surface area contributed by atoms with Gasteiger partial charge in [0.2, 0.25) is 0 Å². The fraction of sp³-hybridized carbons (Fsp3) is 0.231. The van der Waals surface area contributed by atoms with Gasteiger partial charge >= 0.3 is 5.97 Å². The van der Waals surface area contributed by atoms with Crippen molar-refractivity contribution >= 4 is 5.97 Å². The van der Waals surface area contributed by atoms with Gasteiger partial charge in [0.15, 0.2) is 0 Å². The van der Waals surface area contributed by atoms with E-state index < -0.39 is 5.97 Å². The highest BCUT2D eigenvalue weighted by Crippen LogP contribution is 2.22. The van der Waals surface area contributed by atoms with Crippen LogP contribution in [0.5, 0.6) is 5.75 Å². The van der Waals surface area contributed by atoms with E-state index >= 15 is 0 Å². The highest BCUT2D eigenvalue weighted by atomic mass is 16.5. The maximum atomic E-state index is 11.1. The molecule has 2 rings (SSSR count). The van der Waals surface area contributed by atoms with Gasteiger partial charge in [0.05, 0.1) is 18.5 Å². The summed E-state index contributed by atoms with van der Waals surface area (Å²) in [7, 11) is 1.45. The molecule has 5 heteroatoms. The second-order valence-corrected chi connectivity index (χ2v) is 4.03. The van der Waals surface area contributed by atoms with Crippen LogP contribution in [0.2, 0.25) is 0 Å². The van der Waals surface area contributed by atoms with Crippen LogP contribution in [-0.2, 0) is 0 Å². The highest BCUT2D eigenvalue weighted by molar-refractivity contribution is 5.91. The van der Waals surface area contributed by atoms with Gasteiger partial charge in [-0.1, -0.05) is 0 Å². The smallest absolute Gasteiger partial charge is 0.339 e. The number of aromatic carboxylic acids is 1. The Morgan fingerprint density at radius 2 is 2.06 bits per heavy atom. The zero-order valence-electron chi connectivity index (χ0n) is 10.5. The Kier molecular flexibility index (Phi) is 3.06. The van der Waals surface area contributed by atoms with E-state index in [0.717, 1.165) is 11.4 Å². The lowest BCUT2D eigenvalue weighted by atomic mass is 10.1. The summed E-state index contributed by atoms with van der Waals surface area (Å²) in [5.41, 5.74) is 2.68. The summed E-state index contributed by atoms with van der Waals surface area (Å²) in [6.45, 7) is 3.82. The van der Waals surface area contributed by atoms with Crippen LogP contribution in [0.3, 0.4) is 0 Å². The molecule has 0 saturated heterocycles. The number of methoxy groups -OCH3 is 1. The summed E-state index contributed by atoms with van der Waals surface area (Å²) in [5, 5.41) is 13.5. The number of rotatable bonds is 3. The number of ether oxygens (including phenoxy) is 1. The molecule has 0 spiro atoms. The molecule has 0 amide bonds. The molecule has 0 fully saturated rings. The van der Waals surface area contributed by atoms with E-state index in [2.05, 4.69) is 5.10 Å². The van der Waals surface area contributed by atoms with E-state index in [-0.39, 0.29) is 5.56 Å². The van der Waals surface area contributed by atoms with Crippen molar-refractivity contribution in [3.63, 3.8) is 0 Å². The SMILES string of the molecule is COc1ccc(-n2nc(C)cc2C)cc1C(=O)O. The van der Waals surface area contributed by atoms with Gasteiger partial charge in [0, 0.05) is 5.69 Å². The van der Waals surface area contributed by atoms with Crippen LogP contribution < -0.4 is 4.74 Å². The van der Waals surface area contributed by atoms with E-state index in [4.69, 9.17) is 9.84 Å². The van der Waals surface area contributed by atoms with Crippen molar-refractivity contribution < 1.29 is 14.6 Å². The second kappa shape index (κ2) is 4.52. The molecule has 18 heavy (non-hydrogen) atoms. The van der Waals surface area contributed by atoms with Gasteiger partial charge in [0.25, 0.3) is 0 Å². The Bertz CT molecular complexity index is 602. The van der Waals surface area contributed by atoms with Crippen molar-refractivity contribution in [3.8, 4) is 11.4 Å². The predicted octanol–water partition coefficient (Wildman–Crippen LogP) is 2.20. The van der Waals surface area contributed by atoms with Crippen molar-refractivity contribution in [2.24, 2.45) is 0 Å². The highest BCUT2D eigenvalue weighted by Gasteiger charge is 2.13. The second-order valence-electron chi connectivity index (χ2n) is 4.03. The molecular formula is C13H14N2O3. The van der Waals surface area contributed by atoms with Crippen LogP contribution >= 0.6 is 0 Å². The third kappa shape index (κ3) is 2.07. The molecule has 94 valence electrons. The zero-order chi connectivity index (χ0) is 13.3. The van der Waals surface area contributed by atoms with Crippen LogP contribution in [0, 0.1) is 13.8 Å². The predicted molar refractivity (Wildman–Crippen MR) is 66.5 cm³/mol. The number of hydrogen-bond acceptors (Lipinski definition) is 3. The van der Waals surface area contributed by atoms with E-state index in [1.807, 2.05) is 19.9 Å². The molecule has 0 aliphatic rings. The normalized spacial score (nSPS) is 10.4. The Labute approximate surface area is 105 Å². The first kappa shape index (κ1) is 12.2. The first-order valence-electron chi connectivity index (χ1n) is 5.48. The van der Waals surface area contributed by atoms with Crippen molar-refractivity contribution in [1.29, 1.82) is 0 Å². The minimum Gasteiger partial charge on any atom is -0.496 e. The van der Waals surface area contributed by atoms with Gasteiger partial charge in [-0.15, -0.1) is 0 Å². The molecule has 0 aliphatic carbocycles. The fourth-order valence-corrected chi connectivity index (χ4v) is 1.89. The molecule has 1 aromatic heterocycles. The summed E-state index contributed by atoms with van der Waals surface area (Å²) in [6, 6.07) is 6.91. The van der Waals surface area contributed by atoms with Gasteiger partial charge in [-0.2, -0.15) is 5.10 Å². The molecule has 0 bridgehead atoms. The lowest BCUT2D eigenvalue weighted by Gasteiger charge is -2.09. The molecule has 1 heterocycles. The van der Waals surface area contributed by atoms with Crippen molar-refractivity contribution in [1.82, 2.24) is 9.78 Å². The fourth-order valence-electron chi connectivity index (χ4n) is 1.89. The van der Waals surface area contributed by atoms with E-state index in [9.17, 15) is 4.79 Å². The summed E-state index contributed by atoms with van der Waals surface area (Å²) in [4.78, 5) is 11.1. The van der Waals surface area contributed by atoms with E-state index in [1.165, 1.54) is 7.11 Å². The topological polar surface area (TPSA) is 64.4 Å². The molecule has 0 radical (unpaired) electrons. The van der Waals surface area contributed by atoms with Gasteiger partial charge in [-0.25, -0.2) is 9.48 Å². The van der Waals surface area contributed by atoms with Crippen LogP contribution in [0.1, 0.15) is 21.7 Å². The van der Waals surface area contributed by atoms with Crippen molar-refractivity contribution in [2.75, 3.05) is 7.11 Å². The number of hydrogen-bond donors (Lipinski definition) is 1. The molecule has 0 atom stereocenters. The Hall–Kier alpha value is -2.30. The van der Waals surface area contributed by atoms with Gasteiger partial charge in [-0.05, 0) is 38.1 Å². The largest absolute Gasteiger partial charge is 0.496 e. The number of carboxylic acid groups (broad SMARTS) is 1. The quantitative estimate of drug-likeness (QED) is 0.901. The van der Waals surface area contributed by atoms with Gasteiger partial charge < -0.3 is 9.84 Å². The minimum absolute atomic E-state index is 0.127. The molecule has 1 aromatic carbocycles. The van der Waals surface area contributed by atoms with Crippen molar-refractivity contribution in [3.05, 3.63) is 41.2 Å². The average molecular weight is 246 g/mol. The number of carboxylic acids is 1. The Balaban J connectivity index is 2.56. The number of aromatic nitrogens is 2. The third-order valence-electron chi connectivity index (χ3n) is 2.67. The molecular weight excluding hydrogens is 232 g/mol. The van der Waals surface area contributed by atoms with Crippen LogP contribution in [0.15, 0.2) is 24.3 Å². The number of aryl methyl sites for hydroxylation is 2. The average Bonchev–Trinajstić information content (AvgIpc) is 2.67. The third-order valence-corrected chi connectivity index (χ3v) is 2.67. The monoisotopic (exact) mass is 246 g/mol. The number of benzene rings is 1. The lowest BCUT2D eigenvalue weighted by molar-refractivity contribution is 0.0693. The first-order valence-corrected chi connectivity index (χ1v) is 5.48. The standard InChI is InChI=1S/C13H14N2O3/c1-8-6-9(2)15(14-8)10-4-5-12(18-3)11(7-10)13(16)17/h4-7H,1-3H3,(H,16,17). The summed E-state index contributed by atoms with van der Waals surface area (Å²) >= 11 is 0.